The molecule has 1 aliphatic rings. The summed E-state index contributed by atoms with van der Waals surface area (Å²) in [5, 5.41) is 7.36. The van der Waals surface area contributed by atoms with Crippen molar-refractivity contribution < 1.29 is 18.3 Å². The van der Waals surface area contributed by atoms with E-state index in [9.17, 15) is 18.0 Å². The Kier molecular flexibility index (Phi) is 3.77. The van der Waals surface area contributed by atoms with Crippen LogP contribution < -0.4 is 11.4 Å². The number of nitrogen functional groups attached to an aromatic ring is 1. The molecule has 1 fully saturated rings. The van der Waals surface area contributed by atoms with Gasteiger partial charge in [0.05, 0.1) is 17.9 Å². The van der Waals surface area contributed by atoms with E-state index in [1.54, 1.807) is 0 Å². The lowest BCUT2D eigenvalue weighted by Crippen LogP contribution is -2.33. The van der Waals surface area contributed by atoms with E-state index >= 15 is 0 Å². The van der Waals surface area contributed by atoms with Crippen LogP contribution in [0.5, 0.6) is 0 Å². The molecular formula is C10H12F3N3O2S. The molecule has 1 unspecified atom stereocenters. The largest absolute Gasteiger partial charge is 0.395 e. The minimum Gasteiger partial charge on any atom is -0.395 e. The summed E-state index contributed by atoms with van der Waals surface area (Å²) >= 11 is 0.931. The van der Waals surface area contributed by atoms with E-state index in [0.29, 0.717) is 0 Å². The fraction of sp³-hybridized carbons (Fsp3) is 0.600. The predicted octanol–water partition coefficient (Wildman–Crippen LogP) is 1.00. The number of hydrogen-bond acceptors (Lipinski definition) is 5. The molecule has 106 valence electrons. The minimum atomic E-state index is -4.43. The van der Waals surface area contributed by atoms with Gasteiger partial charge in [0.2, 0.25) is 0 Å². The van der Waals surface area contributed by atoms with Gasteiger partial charge < -0.3 is 10.8 Å². The summed E-state index contributed by atoms with van der Waals surface area (Å²) in [6, 6.07) is 1.28. The zero-order valence-electron chi connectivity index (χ0n) is 9.67. The molecule has 0 bridgehead atoms. The molecular weight excluding hydrogens is 283 g/mol. The van der Waals surface area contributed by atoms with Crippen LogP contribution in [0.2, 0.25) is 0 Å². The Morgan fingerprint density at radius 1 is 1.58 bits per heavy atom. The smallest absolute Gasteiger partial charge is 0.394 e. The molecule has 3 N–H and O–H groups in total. The van der Waals surface area contributed by atoms with Crippen LogP contribution in [0.1, 0.15) is 11.8 Å². The van der Waals surface area contributed by atoms with Crippen LogP contribution in [-0.2, 0) is 0 Å². The average Bonchev–Trinajstić information content (AvgIpc) is 2.72. The van der Waals surface area contributed by atoms with E-state index in [-0.39, 0.29) is 18.8 Å². The molecule has 1 aromatic heterocycles. The van der Waals surface area contributed by atoms with Gasteiger partial charge in [-0.15, -0.1) is 11.8 Å². The molecule has 0 aliphatic carbocycles. The number of thioether (sulfide) groups is 1. The van der Waals surface area contributed by atoms with E-state index < -0.39 is 28.4 Å². The van der Waals surface area contributed by atoms with Gasteiger partial charge in [-0.1, -0.05) is 0 Å². The van der Waals surface area contributed by atoms with E-state index in [2.05, 4.69) is 4.98 Å². The second-order valence-corrected chi connectivity index (χ2v) is 5.68. The first-order chi connectivity index (χ1) is 8.82. The van der Waals surface area contributed by atoms with Gasteiger partial charge in [0, 0.05) is 11.4 Å². The molecule has 1 saturated heterocycles. The van der Waals surface area contributed by atoms with Gasteiger partial charge in [0.25, 0.3) is 0 Å². The summed E-state index contributed by atoms with van der Waals surface area (Å²) in [5.74, 6) is -1.72. The fourth-order valence-corrected chi connectivity index (χ4v) is 3.58. The van der Waals surface area contributed by atoms with Crippen LogP contribution in [0.25, 0.3) is 0 Å². The third-order valence-electron chi connectivity index (χ3n) is 2.94. The highest BCUT2D eigenvalue weighted by atomic mass is 32.2. The van der Waals surface area contributed by atoms with Crippen LogP contribution >= 0.6 is 11.8 Å². The van der Waals surface area contributed by atoms with Crippen molar-refractivity contribution in [1.82, 2.24) is 9.55 Å². The molecule has 1 aromatic rings. The van der Waals surface area contributed by atoms with Gasteiger partial charge in [-0.2, -0.15) is 18.2 Å². The Hall–Kier alpha value is -1.22. The highest BCUT2D eigenvalue weighted by Crippen LogP contribution is 2.51. The lowest BCUT2D eigenvalue weighted by atomic mass is 10.0. The minimum absolute atomic E-state index is 0.0356. The Bertz CT molecular complexity index is 519. The maximum absolute atomic E-state index is 13.0. The zero-order chi connectivity index (χ0) is 14.2. The van der Waals surface area contributed by atoms with Crippen LogP contribution in [0, 0.1) is 5.92 Å². The highest BCUT2D eigenvalue weighted by molar-refractivity contribution is 8.00. The molecule has 19 heavy (non-hydrogen) atoms. The Balaban J connectivity index is 2.38. The van der Waals surface area contributed by atoms with Crippen LogP contribution in [0.4, 0.5) is 19.0 Å². The second-order valence-electron chi connectivity index (χ2n) is 4.26. The van der Waals surface area contributed by atoms with Crippen LogP contribution in [0.15, 0.2) is 17.1 Å². The van der Waals surface area contributed by atoms with Crippen molar-refractivity contribution in [3.05, 3.63) is 22.7 Å². The topological polar surface area (TPSA) is 81.1 Å². The predicted molar refractivity (Wildman–Crippen MR) is 64.6 cm³/mol. The first kappa shape index (κ1) is 14.2. The van der Waals surface area contributed by atoms with Crippen molar-refractivity contribution in [3.63, 3.8) is 0 Å². The highest BCUT2D eigenvalue weighted by Gasteiger charge is 2.51. The number of rotatable bonds is 2. The van der Waals surface area contributed by atoms with E-state index in [4.69, 9.17) is 10.8 Å². The zero-order valence-corrected chi connectivity index (χ0v) is 10.5. The summed E-state index contributed by atoms with van der Waals surface area (Å²) in [5.41, 5.74) is 4.49. The Morgan fingerprint density at radius 3 is 2.79 bits per heavy atom. The fourth-order valence-electron chi connectivity index (χ4n) is 2.04. The summed E-state index contributed by atoms with van der Waals surface area (Å²) in [7, 11) is 0. The molecule has 0 spiro atoms. The van der Waals surface area contributed by atoms with Crippen molar-refractivity contribution in [1.29, 1.82) is 0 Å². The van der Waals surface area contributed by atoms with Gasteiger partial charge in [-0.3, -0.25) is 4.57 Å². The molecule has 9 heteroatoms. The maximum Gasteiger partial charge on any atom is 0.394 e. The average molecular weight is 295 g/mol. The number of halogens is 3. The van der Waals surface area contributed by atoms with Crippen molar-refractivity contribution >= 4 is 17.6 Å². The number of aliphatic hydroxyl groups is 1. The summed E-state index contributed by atoms with van der Waals surface area (Å²) in [4.78, 5) is 15.1. The van der Waals surface area contributed by atoms with Crippen molar-refractivity contribution in [2.75, 3.05) is 12.3 Å². The molecule has 0 amide bonds. The third-order valence-corrected chi connectivity index (χ3v) is 4.50. The monoisotopic (exact) mass is 295 g/mol. The maximum atomic E-state index is 13.0. The standard InChI is InChI=1S/C10H12F3N3O2S/c11-10(12,13)6-3-5(4-17)19-8(6)16-2-1-7(14)15-9(16)18/h1-2,5-6,8,17H,3-4H2,(H2,14,15,18)/t5-,6-,8?/m1/s1. The number of aromatic nitrogens is 2. The van der Waals surface area contributed by atoms with Gasteiger partial charge in [-0.05, 0) is 12.5 Å². The second kappa shape index (κ2) is 5.04. The van der Waals surface area contributed by atoms with E-state index in [0.717, 1.165) is 16.3 Å². The molecule has 5 nitrogen and oxygen atoms in total. The normalized spacial score (nSPS) is 27.7. The number of anilines is 1. The summed E-state index contributed by atoms with van der Waals surface area (Å²) in [6.45, 7) is -0.356. The Labute approximate surface area is 110 Å². The van der Waals surface area contributed by atoms with Gasteiger partial charge in [-0.25, -0.2) is 4.79 Å². The van der Waals surface area contributed by atoms with E-state index in [1.165, 1.54) is 12.3 Å². The van der Waals surface area contributed by atoms with Crippen molar-refractivity contribution in [2.24, 2.45) is 5.92 Å². The molecule has 1 aliphatic heterocycles. The van der Waals surface area contributed by atoms with Gasteiger partial charge in [0.1, 0.15) is 5.82 Å². The van der Waals surface area contributed by atoms with Crippen molar-refractivity contribution in [3.8, 4) is 0 Å². The van der Waals surface area contributed by atoms with Gasteiger partial charge in [0.15, 0.2) is 0 Å². The van der Waals surface area contributed by atoms with E-state index in [1.807, 2.05) is 0 Å². The number of alkyl halides is 3. The Morgan fingerprint density at radius 2 is 2.26 bits per heavy atom. The number of nitrogens with two attached hydrogens (primary N) is 1. The molecule has 0 aromatic carbocycles. The lowest BCUT2D eigenvalue weighted by molar-refractivity contribution is -0.178. The lowest BCUT2D eigenvalue weighted by Gasteiger charge is -2.22. The van der Waals surface area contributed by atoms with Crippen LogP contribution in [0.3, 0.4) is 0 Å². The first-order valence-corrected chi connectivity index (χ1v) is 6.45. The summed E-state index contributed by atoms with van der Waals surface area (Å²) < 4.78 is 39.8. The van der Waals surface area contributed by atoms with Gasteiger partial charge >= 0.3 is 11.9 Å². The third kappa shape index (κ3) is 2.86. The first-order valence-electron chi connectivity index (χ1n) is 5.50. The van der Waals surface area contributed by atoms with Crippen molar-refractivity contribution in [2.45, 2.75) is 23.2 Å². The SMILES string of the molecule is Nc1ccn(C2S[C@@H](CO)C[C@H]2C(F)(F)F)c(=O)n1. The number of nitrogens with zero attached hydrogens (tertiary/aromatic N) is 2. The summed E-state index contributed by atoms with van der Waals surface area (Å²) in [6.07, 6.45) is -3.44. The number of aliphatic hydroxyl groups excluding tert-OH is 1. The molecule has 3 atom stereocenters. The molecule has 0 radical (unpaired) electrons. The molecule has 2 heterocycles. The number of hydrogen-bond donors (Lipinski definition) is 2. The quantitative estimate of drug-likeness (QED) is 0.850. The molecule has 2 rings (SSSR count). The van der Waals surface area contributed by atoms with Crippen LogP contribution in [-0.4, -0.2) is 32.7 Å². The molecule has 0 saturated carbocycles.